The number of amides is 1. The van der Waals surface area contributed by atoms with E-state index in [2.05, 4.69) is 11.2 Å². The van der Waals surface area contributed by atoms with Crippen molar-refractivity contribution in [3.63, 3.8) is 0 Å². The molecule has 0 aromatic carbocycles. The van der Waals surface area contributed by atoms with Gasteiger partial charge in [-0.05, 0) is 26.8 Å². The topological polar surface area (TPSA) is 71.2 Å². The third kappa shape index (κ3) is 3.05. The third-order valence-corrected chi connectivity index (χ3v) is 2.87. The highest BCUT2D eigenvalue weighted by atomic mass is 16.6. The van der Waals surface area contributed by atoms with Gasteiger partial charge in [0.1, 0.15) is 5.60 Å². The number of carbonyl (C=O) groups excluding carboxylic acids is 1. The number of rotatable bonds is 2. The maximum atomic E-state index is 11.8. The molecular weight excluding hydrogens is 244 g/mol. The van der Waals surface area contributed by atoms with Gasteiger partial charge in [0.25, 0.3) is 0 Å². The molecule has 6 heteroatoms. The van der Waals surface area contributed by atoms with Crippen molar-refractivity contribution in [3.05, 3.63) is 18.0 Å². The molecule has 2 rings (SSSR count). The average Bonchev–Trinajstić information content (AvgIpc) is 2.62. The first kappa shape index (κ1) is 13.4. The smallest absolute Gasteiger partial charge is 0.410 e. The predicted molar refractivity (Wildman–Crippen MR) is 68.4 cm³/mol. The van der Waals surface area contributed by atoms with E-state index in [-0.39, 0.29) is 12.1 Å². The Labute approximate surface area is 112 Å². The molecule has 0 bridgehead atoms. The number of hydrogen-bond donors (Lipinski definition) is 0. The highest BCUT2D eigenvalue weighted by Gasteiger charge is 2.35. The fourth-order valence-corrected chi connectivity index (χ4v) is 1.98. The van der Waals surface area contributed by atoms with Gasteiger partial charge in [-0.1, -0.05) is 0 Å². The molecule has 0 N–H and O–H groups in total. The number of carbonyl (C=O) groups is 1. The van der Waals surface area contributed by atoms with E-state index in [9.17, 15) is 4.79 Å². The van der Waals surface area contributed by atoms with Crippen LogP contribution in [0.3, 0.4) is 0 Å². The van der Waals surface area contributed by atoms with Crippen LogP contribution in [0.2, 0.25) is 0 Å². The summed E-state index contributed by atoms with van der Waals surface area (Å²) >= 11 is 0. The number of hydrogen-bond acceptors (Lipinski definition) is 4. The van der Waals surface area contributed by atoms with Crippen molar-refractivity contribution in [1.82, 2.24) is 14.7 Å². The Morgan fingerprint density at radius 2 is 2.26 bits per heavy atom. The quantitative estimate of drug-likeness (QED) is 0.814. The number of nitriles is 1. The van der Waals surface area contributed by atoms with Gasteiger partial charge in [0.15, 0.2) is 0 Å². The minimum atomic E-state index is -0.472. The third-order valence-electron chi connectivity index (χ3n) is 2.87. The molecule has 0 radical (unpaired) electrons. The van der Waals surface area contributed by atoms with Crippen molar-refractivity contribution in [2.75, 3.05) is 13.1 Å². The van der Waals surface area contributed by atoms with Crippen LogP contribution in [0, 0.1) is 11.3 Å². The number of aromatic nitrogens is 2. The second kappa shape index (κ2) is 4.92. The van der Waals surface area contributed by atoms with Crippen molar-refractivity contribution < 1.29 is 9.53 Å². The molecule has 0 atom stereocenters. The summed E-state index contributed by atoms with van der Waals surface area (Å²) in [7, 11) is 0. The van der Waals surface area contributed by atoms with E-state index in [1.807, 2.05) is 31.5 Å². The first-order chi connectivity index (χ1) is 8.90. The maximum absolute atomic E-state index is 11.8. The molecule has 19 heavy (non-hydrogen) atoms. The number of likely N-dealkylation sites (tertiary alicyclic amines) is 1. The molecule has 1 aliphatic rings. The average molecular weight is 262 g/mol. The zero-order valence-corrected chi connectivity index (χ0v) is 11.5. The van der Waals surface area contributed by atoms with Crippen LogP contribution >= 0.6 is 0 Å². The van der Waals surface area contributed by atoms with Gasteiger partial charge in [-0.2, -0.15) is 10.4 Å². The van der Waals surface area contributed by atoms with Gasteiger partial charge in [-0.25, -0.2) is 4.79 Å². The van der Waals surface area contributed by atoms with Crippen molar-refractivity contribution in [3.8, 4) is 6.07 Å². The van der Waals surface area contributed by atoms with E-state index in [1.54, 1.807) is 11.1 Å². The lowest BCUT2D eigenvalue weighted by molar-refractivity contribution is -0.000707. The monoisotopic (exact) mass is 262 g/mol. The van der Waals surface area contributed by atoms with Crippen LogP contribution in [0.25, 0.3) is 0 Å². The molecule has 0 spiro atoms. The highest BCUT2D eigenvalue weighted by Crippen LogP contribution is 2.24. The second-order valence-electron chi connectivity index (χ2n) is 5.64. The lowest BCUT2D eigenvalue weighted by Crippen LogP contribution is -2.52. The molecule has 102 valence electrons. The first-order valence-corrected chi connectivity index (χ1v) is 6.28. The number of nitrogens with zero attached hydrogens (tertiary/aromatic N) is 4. The van der Waals surface area contributed by atoms with E-state index >= 15 is 0 Å². The van der Waals surface area contributed by atoms with Gasteiger partial charge in [0, 0.05) is 19.3 Å². The summed E-state index contributed by atoms with van der Waals surface area (Å²) in [5.74, 6) is 0. The van der Waals surface area contributed by atoms with Gasteiger partial charge in [0.2, 0.25) is 0 Å². The van der Waals surface area contributed by atoms with E-state index in [4.69, 9.17) is 10.00 Å². The normalized spacial score (nSPS) is 15.8. The zero-order chi connectivity index (χ0) is 14.0. The van der Waals surface area contributed by atoms with Crippen LogP contribution in [0.1, 0.15) is 32.5 Å². The van der Waals surface area contributed by atoms with E-state index in [1.165, 1.54) is 0 Å². The Hall–Kier alpha value is -2.03. The predicted octanol–water partition coefficient (Wildman–Crippen LogP) is 1.74. The SMILES string of the molecule is CC(C)(C)OC(=O)N1CC(n2nccc2CC#N)C1. The summed E-state index contributed by atoms with van der Waals surface area (Å²) in [6.45, 7) is 6.70. The Morgan fingerprint density at radius 3 is 2.84 bits per heavy atom. The molecule has 2 heterocycles. The molecule has 0 aliphatic carbocycles. The summed E-state index contributed by atoms with van der Waals surface area (Å²) in [5, 5.41) is 12.9. The van der Waals surface area contributed by atoms with E-state index in [0.29, 0.717) is 19.5 Å². The minimum Gasteiger partial charge on any atom is -0.444 e. The summed E-state index contributed by atoms with van der Waals surface area (Å²) in [6, 6.07) is 4.09. The molecule has 1 aromatic heterocycles. The first-order valence-electron chi connectivity index (χ1n) is 6.28. The molecule has 1 saturated heterocycles. The van der Waals surface area contributed by atoms with Gasteiger partial charge in [0.05, 0.1) is 24.2 Å². The lowest BCUT2D eigenvalue weighted by atomic mass is 10.1. The Balaban J connectivity index is 1.91. The van der Waals surface area contributed by atoms with Crippen LogP contribution in [0.4, 0.5) is 4.79 Å². The summed E-state index contributed by atoms with van der Waals surface area (Å²) in [5.41, 5.74) is 0.413. The standard InChI is InChI=1S/C13H18N4O2/c1-13(2,3)19-12(18)16-8-11(9-16)17-10(4-6-14)5-7-15-17/h5,7,11H,4,8-9H2,1-3H3. The summed E-state index contributed by atoms with van der Waals surface area (Å²) < 4.78 is 7.11. The molecule has 0 saturated carbocycles. The van der Waals surface area contributed by atoms with Crippen LogP contribution in [-0.2, 0) is 11.2 Å². The molecule has 1 aliphatic heterocycles. The van der Waals surface area contributed by atoms with Crippen LogP contribution in [0.15, 0.2) is 12.3 Å². The van der Waals surface area contributed by atoms with Gasteiger partial charge in [-0.15, -0.1) is 0 Å². The molecule has 0 unspecified atom stereocenters. The fraction of sp³-hybridized carbons (Fsp3) is 0.615. The largest absolute Gasteiger partial charge is 0.444 e. The van der Waals surface area contributed by atoms with Crippen molar-refractivity contribution in [1.29, 1.82) is 5.26 Å². The Morgan fingerprint density at radius 1 is 1.58 bits per heavy atom. The van der Waals surface area contributed by atoms with Crippen molar-refractivity contribution >= 4 is 6.09 Å². The van der Waals surface area contributed by atoms with Crippen LogP contribution < -0.4 is 0 Å². The number of ether oxygens (including phenoxy) is 1. The molecule has 1 aromatic rings. The summed E-state index contributed by atoms with van der Waals surface area (Å²) in [4.78, 5) is 13.4. The van der Waals surface area contributed by atoms with Crippen molar-refractivity contribution in [2.24, 2.45) is 0 Å². The fourth-order valence-electron chi connectivity index (χ4n) is 1.98. The minimum absolute atomic E-state index is 0.144. The van der Waals surface area contributed by atoms with Gasteiger partial charge in [-0.3, -0.25) is 4.68 Å². The Bertz CT molecular complexity index is 503. The lowest BCUT2D eigenvalue weighted by Gasteiger charge is -2.40. The van der Waals surface area contributed by atoms with Gasteiger partial charge < -0.3 is 9.64 Å². The molecule has 6 nitrogen and oxygen atoms in total. The summed E-state index contributed by atoms with van der Waals surface area (Å²) in [6.07, 6.45) is 1.73. The van der Waals surface area contributed by atoms with Crippen LogP contribution in [-0.4, -0.2) is 39.5 Å². The van der Waals surface area contributed by atoms with E-state index in [0.717, 1.165) is 5.69 Å². The molecule has 1 fully saturated rings. The highest BCUT2D eigenvalue weighted by molar-refractivity contribution is 5.69. The molecular formula is C13H18N4O2. The molecule has 1 amide bonds. The Kier molecular flexibility index (Phi) is 3.47. The zero-order valence-electron chi connectivity index (χ0n) is 11.5. The second-order valence-corrected chi connectivity index (χ2v) is 5.64. The van der Waals surface area contributed by atoms with Crippen molar-refractivity contribution in [2.45, 2.75) is 38.8 Å². The van der Waals surface area contributed by atoms with E-state index < -0.39 is 5.60 Å². The van der Waals surface area contributed by atoms with Gasteiger partial charge >= 0.3 is 6.09 Å². The maximum Gasteiger partial charge on any atom is 0.410 e. The van der Waals surface area contributed by atoms with Crippen LogP contribution in [0.5, 0.6) is 0 Å².